The van der Waals surface area contributed by atoms with Gasteiger partial charge in [-0.15, -0.1) is 0 Å². The molecular formula is C13H14N2O. The molecule has 1 rings (SSSR count). The highest BCUT2D eigenvalue weighted by molar-refractivity contribution is 5.28. The fraction of sp³-hybridized carbons (Fsp3) is 0.385. The van der Waals surface area contributed by atoms with E-state index in [0.29, 0.717) is 13.0 Å². The minimum atomic E-state index is -0.567. The van der Waals surface area contributed by atoms with Crippen molar-refractivity contribution < 1.29 is 4.74 Å². The lowest BCUT2D eigenvalue weighted by atomic mass is 10.0. The van der Waals surface area contributed by atoms with E-state index in [4.69, 9.17) is 15.3 Å². The van der Waals surface area contributed by atoms with E-state index in [1.165, 1.54) is 0 Å². The molecule has 0 bridgehead atoms. The summed E-state index contributed by atoms with van der Waals surface area (Å²) >= 11 is 0. The first kappa shape index (κ1) is 12.1. The summed E-state index contributed by atoms with van der Waals surface area (Å²) in [6.45, 7) is 2.76. The summed E-state index contributed by atoms with van der Waals surface area (Å²) in [5, 5.41) is 17.3. The lowest BCUT2D eigenvalue weighted by Crippen LogP contribution is -1.99. The van der Waals surface area contributed by atoms with Crippen LogP contribution >= 0.6 is 0 Å². The lowest BCUT2D eigenvalue weighted by molar-refractivity contribution is 0.317. The van der Waals surface area contributed by atoms with Gasteiger partial charge in [-0.2, -0.15) is 10.5 Å². The summed E-state index contributed by atoms with van der Waals surface area (Å²) in [7, 11) is 0. The van der Waals surface area contributed by atoms with Crippen molar-refractivity contribution in [3.8, 4) is 17.9 Å². The third kappa shape index (κ3) is 3.63. The van der Waals surface area contributed by atoms with Crippen LogP contribution in [-0.4, -0.2) is 6.61 Å². The van der Waals surface area contributed by atoms with Crippen LogP contribution in [0.15, 0.2) is 24.3 Å². The van der Waals surface area contributed by atoms with Crippen LogP contribution < -0.4 is 4.74 Å². The quantitative estimate of drug-likeness (QED) is 0.757. The van der Waals surface area contributed by atoms with Crippen molar-refractivity contribution in [2.24, 2.45) is 5.92 Å². The van der Waals surface area contributed by atoms with Crippen molar-refractivity contribution >= 4 is 0 Å². The molecular weight excluding hydrogens is 200 g/mol. The summed E-state index contributed by atoms with van der Waals surface area (Å²) in [6, 6.07) is 11.4. The van der Waals surface area contributed by atoms with Crippen LogP contribution in [0, 0.1) is 28.6 Å². The zero-order chi connectivity index (χ0) is 11.8. The number of nitriles is 2. The first-order valence-electron chi connectivity index (χ1n) is 5.31. The number of benzene rings is 1. The molecule has 0 unspecified atom stereocenters. The molecule has 0 aliphatic carbocycles. The molecule has 0 aromatic heterocycles. The summed E-state index contributed by atoms with van der Waals surface area (Å²) < 4.78 is 5.44. The second-order valence-electron chi connectivity index (χ2n) is 3.51. The molecule has 0 amide bonds. The lowest BCUT2D eigenvalue weighted by Gasteiger charge is -2.05. The van der Waals surface area contributed by atoms with Gasteiger partial charge in [0.1, 0.15) is 11.7 Å². The Morgan fingerprint density at radius 3 is 2.31 bits per heavy atom. The smallest absolute Gasteiger partial charge is 0.137 e. The standard InChI is InChI=1S/C13H14N2O/c1-2-7-16-13-5-3-11(4-6-13)8-12(9-14)10-15/h3-6,12H,2,7-8H2,1H3. The molecule has 3 heteroatoms. The second kappa shape index (κ2) is 6.48. The molecule has 0 heterocycles. The number of rotatable bonds is 5. The first-order valence-corrected chi connectivity index (χ1v) is 5.31. The fourth-order valence-electron chi connectivity index (χ4n) is 1.30. The van der Waals surface area contributed by atoms with Gasteiger partial charge in [-0.1, -0.05) is 19.1 Å². The zero-order valence-electron chi connectivity index (χ0n) is 9.31. The Hall–Kier alpha value is -2.00. The van der Waals surface area contributed by atoms with Gasteiger partial charge in [0.05, 0.1) is 18.7 Å². The number of nitrogens with zero attached hydrogens (tertiary/aromatic N) is 2. The molecule has 82 valence electrons. The Balaban J connectivity index is 2.58. The Labute approximate surface area is 95.9 Å². The fourth-order valence-corrected chi connectivity index (χ4v) is 1.30. The van der Waals surface area contributed by atoms with E-state index >= 15 is 0 Å². The van der Waals surface area contributed by atoms with Crippen LogP contribution in [0.2, 0.25) is 0 Å². The minimum absolute atomic E-state index is 0.473. The van der Waals surface area contributed by atoms with Crippen molar-refractivity contribution in [2.45, 2.75) is 19.8 Å². The largest absolute Gasteiger partial charge is 0.494 e. The Morgan fingerprint density at radius 2 is 1.81 bits per heavy atom. The van der Waals surface area contributed by atoms with Gasteiger partial charge in [-0.05, 0) is 24.1 Å². The molecule has 0 saturated carbocycles. The van der Waals surface area contributed by atoms with Crippen LogP contribution in [0.25, 0.3) is 0 Å². The summed E-state index contributed by atoms with van der Waals surface area (Å²) in [5.41, 5.74) is 0.983. The van der Waals surface area contributed by atoms with E-state index in [0.717, 1.165) is 17.7 Å². The maximum Gasteiger partial charge on any atom is 0.137 e. The Morgan fingerprint density at radius 1 is 1.19 bits per heavy atom. The van der Waals surface area contributed by atoms with E-state index in [-0.39, 0.29) is 0 Å². The number of hydrogen-bond donors (Lipinski definition) is 0. The number of hydrogen-bond acceptors (Lipinski definition) is 3. The molecule has 0 fully saturated rings. The van der Waals surface area contributed by atoms with E-state index in [2.05, 4.69) is 6.92 Å². The van der Waals surface area contributed by atoms with Crippen LogP contribution in [-0.2, 0) is 6.42 Å². The van der Waals surface area contributed by atoms with Gasteiger partial charge in [0.2, 0.25) is 0 Å². The van der Waals surface area contributed by atoms with Gasteiger partial charge in [-0.25, -0.2) is 0 Å². The minimum Gasteiger partial charge on any atom is -0.494 e. The van der Waals surface area contributed by atoms with Gasteiger partial charge in [-0.3, -0.25) is 0 Å². The topological polar surface area (TPSA) is 56.8 Å². The molecule has 1 aromatic carbocycles. The third-order valence-corrected chi connectivity index (χ3v) is 2.15. The predicted molar refractivity (Wildman–Crippen MR) is 60.6 cm³/mol. The maximum absolute atomic E-state index is 8.66. The van der Waals surface area contributed by atoms with E-state index in [1.54, 1.807) is 0 Å². The molecule has 0 N–H and O–H groups in total. The Kier molecular flexibility index (Phi) is 4.89. The van der Waals surface area contributed by atoms with Gasteiger partial charge >= 0.3 is 0 Å². The van der Waals surface area contributed by atoms with E-state index in [1.807, 2.05) is 36.4 Å². The summed E-state index contributed by atoms with van der Waals surface area (Å²) in [5.74, 6) is 0.262. The van der Waals surface area contributed by atoms with Crippen molar-refractivity contribution in [3.05, 3.63) is 29.8 Å². The van der Waals surface area contributed by atoms with Crippen molar-refractivity contribution in [1.29, 1.82) is 10.5 Å². The Bertz CT molecular complexity index is 383. The highest BCUT2D eigenvalue weighted by atomic mass is 16.5. The van der Waals surface area contributed by atoms with Gasteiger partial charge in [0.25, 0.3) is 0 Å². The molecule has 0 atom stereocenters. The van der Waals surface area contributed by atoms with Crippen LogP contribution in [0.3, 0.4) is 0 Å². The zero-order valence-corrected chi connectivity index (χ0v) is 9.31. The maximum atomic E-state index is 8.66. The van der Waals surface area contributed by atoms with Crippen LogP contribution in [0.1, 0.15) is 18.9 Å². The van der Waals surface area contributed by atoms with Crippen molar-refractivity contribution in [3.63, 3.8) is 0 Å². The molecule has 0 aliphatic heterocycles. The highest BCUT2D eigenvalue weighted by Crippen LogP contribution is 2.15. The first-order chi connectivity index (χ1) is 7.80. The third-order valence-electron chi connectivity index (χ3n) is 2.15. The molecule has 0 aliphatic rings. The van der Waals surface area contributed by atoms with Crippen molar-refractivity contribution in [1.82, 2.24) is 0 Å². The van der Waals surface area contributed by atoms with Crippen LogP contribution in [0.4, 0.5) is 0 Å². The van der Waals surface area contributed by atoms with Gasteiger partial charge < -0.3 is 4.74 Å². The number of ether oxygens (including phenoxy) is 1. The van der Waals surface area contributed by atoms with Crippen molar-refractivity contribution in [2.75, 3.05) is 6.61 Å². The summed E-state index contributed by atoms with van der Waals surface area (Å²) in [6.07, 6.45) is 1.45. The SMILES string of the molecule is CCCOc1ccc(CC(C#N)C#N)cc1. The molecule has 0 spiro atoms. The van der Waals surface area contributed by atoms with E-state index in [9.17, 15) is 0 Å². The summed E-state index contributed by atoms with van der Waals surface area (Å²) in [4.78, 5) is 0. The van der Waals surface area contributed by atoms with Gasteiger partial charge in [0.15, 0.2) is 0 Å². The molecule has 0 saturated heterocycles. The van der Waals surface area contributed by atoms with Gasteiger partial charge in [0, 0.05) is 6.42 Å². The molecule has 0 radical (unpaired) electrons. The normalized spacial score (nSPS) is 9.50. The second-order valence-corrected chi connectivity index (χ2v) is 3.51. The predicted octanol–water partition coefficient (Wildman–Crippen LogP) is 2.68. The molecule has 16 heavy (non-hydrogen) atoms. The highest BCUT2D eigenvalue weighted by Gasteiger charge is 2.06. The molecule has 3 nitrogen and oxygen atoms in total. The molecule has 1 aromatic rings. The average Bonchev–Trinajstić information content (AvgIpc) is 2.35. The van der Waals surface area contributed by atoms with E-state index < -0.39 is 5.92 Å². The monoisotopic (exact) mass is 214 g/mol. The average molecular weight is 214 g/mol. The van der Waals surface area contributed by atoms with Crippen LogP contribution in [0.5, 0.6) is 5.75 Å².